The molecule has 340 valence electrons. The minimum absolute atomic E-state index is 0.0791. The number of nitrogens with zero attached hydrogens (tertiary/aromatic N) is 4. The normalized spacial score (nSPS) is 21.1. The standard InChI is InChI=1S/C48H60N8O8/c1-9-26(4)40(53-47(59)62-7)45(57)55-21-25(3)15-37(55)43-49-20-36(51-43)30-11-13-32-31(17-30)24-64-39-19-33-29(18-34(32)39)12-14-35-42(33)52-44(50-35)38-16-28(23-61-6)22-56(38)46(58)41(27(5)10-2)54-48(60)63-8/h11-14,17-20,25-28,37-38,40-41H,9-10,15-16,21-24H2,1-8H3,(H,49,51)(H,50,52)(H,53,59)(H,54,60)/t25-,26-,27-,28-,37?,38-,40?,41?/m0/s1. The van der Waals surface area contributed by atoms with Crippen LogP contribution in [-0.4, -0.2) is 107 Å². The zero-order valence-electron chi connectivity index (χ0n) is 37.9. The van der Waals surface area contributed by atoms with Crippen molar-refractivity contribution in [2.45, 2.75) is 91.1 Å². The van der Waals surface area contributed by atoms with E-state index in [-0.39, 0.29) is 47.6 Å². The smallest absolute Gasteiger partial charge is 0.407 e. The Morgan fingerprint density at radius 2 is 1.50 bits per heavy atom. The minimum Gasteiger partial charge on any atom is -0.488 e. The molecule has 8 rings (SSSR count). The first-order valence-corrected chi connectivity index (χ1v) is 22.4. The van der Waals surface area contributed by atoms with Crippen LogP contribution in [0, 0.1) is 23.7 Å². The van der Waals surface area contributed by atoms with Crippen molar-refractivity contribution in [1.29, 1.82) is 0 Å². The molecule has 16 nitrogen and oxygen atoms in total. The molecular weight excluding hydrogens is 817 g/mol. The van der Waals surface area contributed by atoms with Crippen LogP contribution in [0.5, 0.6) is 5.75 Å². The number of ether oxygens (including phenoxy) is 4. The van der Waals surface area contributed by atoms with Crippen LogP contribution in [0.4, 0.5) is 9.59 Å². The number of alkyl carbamates (subject to hydrolysis) is 2. The molecule has 3 unspecified atom stereocenters. The summed E-state index contributed by atoms with van der Waals surface area (Å²) in [6.07, 6.45) is 3.38. The third-order valence-electron chi connectivity index (χ3n) is 13.7. The van der Waals surface area contributed by atoms with Gasteiger partial charge in [-0.15, -0.1) is 0 Å². The molecule has 5 heterocycles. The van der Waals surface area contributed by atoms with Crippen molar-refractivity contribution in [1.82, 2.24) is 40.4 Å². The molecule has 0 aliphatic carbocycles. The number of nitrogens with one attached hydrogen (secondary N) is 4. The molecule has 2 saturated heterocycles. The number of H-pyrrole nitrogens is 2. The zero-order chi connectivity index (χ0) is 45.4. The highest BCUT2D eigenvalue weighted by Gasteiger charge is 2.43. The molecule has 16 heteroatoms. The number of hydrogen-bond donors (Lipinski definition) is 4. The lowest BCUT2D eigenvalue weighted by Gasteiger charge is -2.30. The van der Waals surface area contributed by atoms with E-state index in [0.29, 0.717) is 50.8 Å². The van der Waals surface area contributed by atoms with E-state index in [1.165, 1.54) is 14.2 Å². The Morgan fingerprint density at radius 3 is 2.16 bits per heavy atom. The third-order valence-corrected chi connectivity index (χ3v) is 13.7. The second kappa shape index (κ2) is 18.5. The van der Waals surface area contributed by atoms with Crippen molar-refractivity contribution >= 4 is 45.8 Å². The predicted molar refractivity (Wildman–Crippen MR) is 241 cm³/mol. The van der Waals surface area contributed by atoms with Crippen LogP contribution in [-0.2, 0) is 30.4 Å². The van der Waals surface area contributed by atoms with Gasteiger partial charge in [0.2, 0.25) is 11.8 Å². The van der Waals surface area contributed by atoms with Gasteiger partial charge in [-0.05, 0) is 76.9 Å². The van der Waals surface area contributed by atoms with Crippen LogP contribution in [0.25, 0.3) is 44.2 Å². The first-order valence-electron chi connectivity index (χ1n) is 22.4. The van der Waals surface area contributed by atoms with Crippen LogP contribution < -0.4 is 15.4 Å². The number of carbonyl (C=O) groups is 4. The molecule has 3 aliphatic rings. The molecule has 0 bridgehead atoms. The summed E-state index contributed by atoms with van der Waals surface area (Å²) >= 11 is 0. The van der Waals surface area contributed by atoms with Gasteiger partial charge in [0.15, 0.2) is 0 Å². The molecule has 0 saturated carbocycles. The van der Waals surface area contributed by atoms with E-state index < -0.39 is 24.3 Å². The molecule has 2 aromatic heterocycles. The number of amides is 4. The van der Waals surface area contributed by atoms with Gasteiger partial charge < -0.3 is 49.3 Å². The predicted octanol–water partition coefficient (Wildman–Crippen LogP) is 7.65. The number of aromatic amines is 2. The quantitative estimate of drug-likeness (QED) is 0.0913. The Balaban J connectivity index is 1.05. The summed E-state index contributed by atoms with van der Waals surface area (Å²) in [7, 11) is 4.26. The number of hydrogen-bond acceptors (Lipinski definition) is 10. The summed E-state index contributed by atoms with van der Waals surface area (Å²) in [4.78, 5) is 73.4. The topological polar surface area (TPSA) is 193 Å². The summed E-state index contributed by atoms with van der Waals surface area (Å²) < 4.78 is 21.7. The van der Waals surface area contributed by atoms with Gasteiger partial charge in [-0.1, -0.05) is 65.7 Å². The highest BCUT2D eigenvalue weighted by atomic mass is 16.5. The van der Waals surface area contributed by atoms with Crippen LogP contribution in [0.3, 0.4) is 0 Å². The van der Waals surface area contributed by atoms with E-state index in [1.54, 1.807) is 7.11 Å². The van der Waals surface area contributed by atoms with Gasteiger partial charge in [0.1, 0.15) is 36.1 Å². The van der Waals surface area contributed by atoms with E-state index in [4.69, 9.17) is 28.9 Å². The first kappa shape index (κ1) is 44.4. The summed E-state index contributed by atoms with van der Waals surface area (Å²) in [5.74, 6) is 2.01. The number of benzene rings is 3. The Hall–Kier alpha value is -6.16. The molecule has 64 heavy (non-hydrogen) atoms. The van der Waals surface area contributed by atoms with Crippen molar-refractivity contribution in [3.8, 4) is 28.1 Å². The van der Waals surface area contributed by atoms with Gasteiger partial charge in [-0.3, -0.25) is 9.59 Å². The number of aromatic nitrogens is 4. The second-order valence-electron chi connectivity index (χ2n) is 17.9. The summed E-state index contributed by atoms with van der Waals surface area (Å²) in [6.45, 7) is 11.9. The number of methoxy groups -OCH3 is 3. The average Bonchev–Trinajstić information content (AvgIpc) is 4.14. The van der Waals surface area contributed by atoms with Gasteiger partial charge in [-0.25, -0.2) is 19.6 Å². The van der Waals surface area contributed by atoms with E-state index in [9.17, 15) is 19.2 Å². The van der Waals surface area contributed by atoms with Crippen LogP contribution >= 0.6 is 0 Å². The average molecular weight is 877 g/mol. The Labute approximate surface area is 373 Å². The zero-order valence-corrected chi connectivity index (χ0v) is 37.9. The lowest BCUT2D eigenvalue weighted by molar-refractivity contribution is -0.136. The monoisotopic (exact) mass is 876 g/mol. The minimum atomic E-state index is -0.748. The van der Waals surface area contributed by atoms with Crippen molar-refractivity contribution < 1.29 is 38.1 Å². The second-order valence-corrected chi connectivity index (χ2v) is 17.9. The lowest BCUT2D eigenvalue weighted by atomic mass is 9.92. The molecule has 0 radical (unpaired) electrons. The van der Waals surface area contributed by atoms with Crippen molar-refractivity contribution in [2.75, 3.05) is 41.0 Å². The molecule has 4 N–H and O–H groups in total. The van der Waals surface area contributed by atoms with E-state index in [0.717, 1.165) is 68.3 Å². The summed E-state index contributed by atoms with van der Waals surface area (Å²) in [5.41, 5.74) is 6.53. The lowest BCUT2D eigenvalue weighted by Crippen LogP contribution is -2.51. The molecule has 2 fully saturated rings. The third kappa shape index (κ3) is 8.47. The summed E-state index contributed by atoms with van der Waals surface area (Å²) in [5, 5.41) is 7.53. The Morgan fingerprint density at radius 1 is 0.828 bits per heavy atom. The molecule has 8 atom stereocenters. The number of fused-ring (bicyclic) bond motifs is 6. The van der Waals surface area contributed by atoms with Gasteiger partial charge in [0, 0.05) is 37.1 Å². The highest BCUT2D eigenvalue weighted by molar-refractivity contribution is 6.07. The summed E-state index contributed by atoms with van der Waals surface area (Å²) in [6, 6.07) is 12.6. The van der Waals surface area contributed by atoms with Gasteiger partial charge in [0.25, 0.3) is 0 Å². The highest BCUT2D eigenvalue weighted by Crippen LogP contribution is 2.44. The fourth-order valence-electron chi connectivity index (χ4n) is 9.72. The molecule has 4 amide bonds. The van der Waals surface area contributed by atoms with E-state index >= 15 is 0 Å². The maximum atomic E-state index is 14.2. The number of imidazole rings is 2. The van der Waals surface area contributed by atoms with Crippen LogP contribution in [0.1, 0.15) is 89.6 Å². The van der Waals surface area contributed by atoms with Gasteiger partial charge >= 0.3 is 12.2 Å². The van der Waals surface area contributed by atoms with Crippen molar-refractivity contribution in [3.63, 3.8) is 0 Å². The Bertz CT molecular complexity index is 2550. The maximum Gasteiger partial charge on any atom is 0.407 e. The number of likely N-dealkylation sites (tertiary alicyclic amines) is 2. The van der Waals surface area contributed by atoms with Crippen molar-refractivity contribution in [3.05, 3.63) is 65.9 Å². The fourth-order valence-corrected chi connectivity index (χ4v) is 9.72. The van der Waals surface area contributed by atoms with Gasteiger partial charge in [-0.2, -0.15) is 0 Å². The molecule has 0 spiro atoms. The van der Waals surface area contributed by atoms with Crippen LogP contribution in [0.15, 0.2) is 48.7 Å². The number of carbonyl (C=O) groups excluding carboxylic acids is 4. The van der Waals surface area contributed by atoms with Crippen molar-refractivity contribution in [2.24, 2.45) is 23.7 Å². The molecule has 3 aromatic carbocycles. The van der Waals surface area contributed by atoms with E-state index in [2.05, 4.69) is 63.9 Å². The van der Waals surface area contributed by atoms with Gasteiger partial charge in [0.05, 0.1) is 55.8 Å². The molecule has 3 aliphatic heterocycles. The Kier molecular flexibility index (Phi) is 12.9. The molecule has 5 aromatic rings. The molecular formula is C48H60N8O8. The van der Waals surface area contributed by atoms with Crippen LogP contribution in [0.2, 0.25) is 0 Å². The maximum absolute atomic E-state index is 14.2. The number of rotatable bonds is 13. The largest absolute Gasteiger partial charge is 0.488 e. The van der Waals surface area contributed by atoms with E-state index in [1.807, 2.05) is 49.8 Å². The SMILES string of the molecule is CC[C@H](C)C(NC(=O)OC)C(=O)N1C[C@@H](C)CC1c1ncc(-c2ccc3c(c2)COc2cc4c(ccc5nc([C@@H]6C[C@H](COC)CN6C(=O)C(NC(=O)OC)[C@@H](C)CC)[nH]c54)cc2-3)[nH]1. The fraction of sp³-hybridized carbons (Fsp3) is 0.500. The first-order chi connectivity index (χ1) is 30.8.